The molecule has 3 aromatic carbocycles. The number of hydrogen-bond donors (Lipinski definition) is 0. The molecule has 0 aliphatic rings. The highest BCUT2D eigenvalue weighted by Crippen LogP contribution is 2.43. The van der Waals surface area contributed by atoms with Gasteiger partial charge in [0.15, 0.2) is 7.14 Å². The minimum atomic E-state index is -2.86. The Labute approximate surface area is 138 Å². The molecule has 0 aliphatic carbocycles. The first-order valence-electron chi connectivity index (χ1n) is 7.83. The molecule has 0 fully saturated rings. The van der Waals surface area contributed by atoms with Gasteiger partial charge in [0, 0.05) is 15.9 Å². The van der Waals surface area contributed by atoms with Crippen molar-refractivity contribution in [2.75, 3.05) is 0 Å². The second kappa shape index (κ2) is 6.18. The summed E-state index contributed by atoms with van der Waals surface area (Å²) < 4.78 is 14.3. The van der Waals surface area contributed by atoms with E-state index in [1.807, 2.05) is 60.7 Å². The van der Waals surface area contributed by atoms with Crippen molar-refractivity contribution in [3.05, 3.63) is 89.5 Å². The van der Waals surface area contributed by atoms with Gasteiger partial charge in [0.05, 0.1) is 0 Å². The van der Waals surface area contributed by atoms with Gasteiger partial charge in [0.1, 0.15) is 0 Å². The fourth-order valence-electron chi connectivity index (χ4n) is 2.99. The lowest BCUT2D eigenvalue weighted by Crippen LogP contribution is -2.27. The minimum absolute atomic E-state index is 0.887. The Hall–Kier alpha value is -2.11. The highest BCUT2D eigenvalue weighted by atomic mass is 31.2. The molecule has 0 spiro atoms. The molecule has 0 bridgehead atoms. The maximum atomic E-state index is 14.3. The molecule has 0 aromatic heterocycles. The zero-order valence-electron chi connectivity index (χ0n) is 13.8. The van der Waals surface area contributed by atoms with Crippen LogP contribution >= 0.6 is 7.14 Å². The van der Waals surface area contributed by atoms with E-state index in [1.165, 1.54) is 11.1 Å². The average molecular weight is 320 g/mol. The Kier molecular flexibility index (Phi) is 4.24. The van der Waals surface area contributed by atoms with Crippen LogP contribution in [0.2, 0.25) is 0 Å². The lowest BCUT2D eigenvalue weighted by atomic mass is 10.1. The first-order chi connectivity index (χ1) is 11.0. The largest absolute Gasteiger partial charge is 0.309 e. The molecular weight excluding hydrogens is 299 g/mol. The van der Waals surface area contributed by atoms with Gasteiger partial charge < -0.3 is 4.57 Å². The van der Waals surface area contributed by atoms with Gasteiger partial charge in [-0.2, -0.15) is 0 Å². The summed E-state index contributed by atoms with van der Waals surface area (Å²) in [5.74, 6) is 0. The van der Waals surface area contributed by atoms with Crippen LogP contribution in [0.3, 0.4) is 0 Å². The lowest BCUT2D eigenvalue weighted by molar-refractivity contribution is 0.592. The first kappa shape index (κ1) is 15.8. The summed E-state index contributed by atoms with van der Waals surface area (Å²) in [6.45, 7) is 6.24. The molecule has 23 heavy (non-hydrogen) atoms. The summed E-state index contributed by atoms with van der Waals surface area (Å²) in [6, 6.07) is 23.9. The number of rotatable bonds is 3. The van der Waals surface area contributed by atoms with E-state index in [4.69, 9.17) is 0 Å². The van der Waals surface area contributed by atoms with Gasteiger partial charge in [0.25, 0.3) is 0 Å². The Morgan fingerprint density at radius 2 is 1.04 bits per heavy atom. The molecule has 116 valence electrons. The molecule has 0 saturated heterocycles. The molecule has 0 N–H and O–H groups in total. The van der Waals surface area contributed by atoms with Crippen LogP contribution in [0.5, 0.6) is 0 Å². The topological polar surface area (TPSA) is 17.1 Å². The van der Waals surface area contributed by atoms with E-state index in [1.54, 1.807) is 0 Å². The Morgan fingerprint density at radius 1 is 0.609 bits per heavy atom. The molecular formula is C21H21OP. The van der Waals surface area contributed by atoms with Crippen LogP contribution in [0.4, 0.5) is 0 Å². The Morgan fingerprint density at radius 3 is 1.52 bits per heavy atom. The summed E-state index contributed by atoms with van der Waals surface area (Å²) in [4.78, 5) is 0. The quantitative estimate of drug-likeness (QED) is 0.659. The summed E-state index contributed by atoms with van der Waals surface area (Å²) >= 11 is 0. The predicted molar refractivity (Wildman–Crippen MR) is 100 cm³/mol. The molecule has 2 heteroatoms. The first-order valence-corrected chi connectivity index (χ1v) is 9.54. The highest BCUT2D eigenvalue weighted by Gasteiger charge is 2.31. The van der Waals surface area contributed by atoms with Gasteiger partial charge in [-0.05, 0) is 43.5 Å². The zero-order chi connectivity index (χ0) is 16.4. The van der Waals surface area contributed by atoms with Crippen LogP contribution in [0.25, 0.3) is 0 Å². The van der Waals surface area contributed by atoms with Crippen LogP contribution in [-0.2, 0) is 4.57 Å². The normalized spacial score (nSPS) is 11.4. The summed E-state index contributed by atoms with van der Waals surface area (Å²) in [5, 5.41) is 2.72. The molecule has 0 saturated carbocycles. The van der Waals surface area contributed by atoms with E-state index in [9.17, 15) is 4.57 Å². The summed E-state index contributed by atoms with van der Waals surface area (Å²) in [7, 11) is -2.86. The van der Waals surface area contributed by atoms with Crippen molar-refractivity contribution < 1.29 is 4.57 Å². The highest BCUT2D eigenvalue weighted by molar-refractivity contribution is 7.85. The van der Waals surface area contributed by atoms with Crippen LogP contribution in [0, 0.1) is 20.8 Å². The molecule has 3 aromatic rings. The second-order valence-electron chi connectivity index (χ2n) is 6.00. The van der Waals surface area contributed by atoms with Crippen molar-refractivity contribution in [1.29, 1.82) is 0 Å². The third-order valence-corrected chi connectivity index (χ3v) is 7.60. The summed E-state index contributed by atoms with van der Waals surface area (Å²) in [6.07, 6.45) is 0. The van der Waals surface area contributed by atoms with Gasteiger partial charge in [-0.15, -0.1) is 0 Å². The second-order valence-corrected chi connectivity index (χ2v) is 8.74. The molecule has 0 radical (unpaired) electrons. The number of hydrogen-bond acceptors (Lipinski definition) is 1. The smallest absolute Gasteiger partial charge is 0.171 e. The predicted octanol–water partition coefficient (Wildman–Crippen LogP) is 4.25. The van der Waals surface area contributed by atoms with E-state index in [2.05, 4.69) is 32.9 Å². The zero-order valence-corrected chi connectivity index (χ0v) is 14.7. The van der Waals surface area contributed by atoms with E-state index in [0.29, 0.717) is 0 Å². The molecule has 0 atom stereocenters. The summed E-state index contributed by atoms with van der Waals surface area (Å²) in [5.41, 5.74) is 3.50. The van der Waals surface area contributed by atoms with Crippen LogP contribution in [-0.4, -0.2) is 0 Å². The number of aryl methyl sites for hydroxylation is 3. The van der Waals surface area contributed by atoms with Gasteiger partial charge in [-0.1, -0.05) is 66.7 Å². The average Bonchev–Trinajstić information content (AvgIpc) is 2.59. The number of benzene rings is 3. The van der Waals surface area contributed by atoms with Gasteiger partial charge >= 0.3 is 0 Å². The van der Waals surface area contributed by atoms with Gasteiger partial charge in [-0.25, -0.2) is 0 Å². The molecule has 0 unspecified atom stereocenters. The van der Waals surface area contributed by atoms with E-state index < -0.39 is 7.14 Å². The monoisotopic (exact) mass is 320 g/mol. The van der Waals surface area contributed by atoms with Crippen molar-refractivity contribution in [1.82, 2.24) is 0 Å². The molecule has 1 nitrogen and oxygen atoms in total. The van der Waals surface area contributed by atoms with E-state index in [-0.39, 0.29) is 0 Å². The lowest BCUT2D eigenvalue weighted by Gasteiger charge is -2.23. The van der Waals surface area contributed by atoms with Crippen molar-refractivity contribution in [3.63, 3.8) is 0 Å². The fraction of sp³-hybridized carbons (Fsp3) is 0.143. The Bertz CT molecular complexity index is 824. The van der Waals surface area contributed by atoms with Crippen LogP contribution in [0.15, 0.2) is 72.8 Å². The van der Waals surface area contributed by atoms with E-state index >= 15 is 0 Å². The van der Waals surface area contributed by atoms with Crippen molar-refractivity contribution in [2.45, 2.75) is 20.8 Å². The molecule has 0 heterocycles. The Balaban J connectivity index is 2.35. The minimum Gasteiger partial charge on any atom is -0.309 e. The van der Waals surface area contributed by atoms with Crippen LogP contribution < -0.4 is 15.9 Å². The van der Waals surface area contributed by atoms with Crippen molar-refractivity contribution in [2.24, 2.45) is 0 Å². The maximum Gasteiger partial charge on any atom is 0.171 e. The van der Waals surface area contributed by atoms with E-state index in [0.717, 1.165) is 21.5 Å². The van der Waals surface area contributed by atoms with Crippen LogP contribution in [0.1, 0.15) is 16.7 Å². The fourth-order valence-corrected chi connectivity index (χ4v) is 5.96. The van der Waals surface area contributed by atoms with Gasteiger partial charge in [-0.3, -0.25) is 0 Å². The standard InChI is InChI=1S/C21H21OP/c1-16-14-18(3)21(15-17(16)2)23(22,19-10-6-4-7-11-19)20-12-8-5-9-13-20/h4-15H,1-3H3. The van der Waals surface area contributed by atoms with Crippen molar-refractivity contribution in [3.8, 4) is 0 Å². The third-order valence-electron chi connectivity index (χ3n) is 4.39. The third kappa shape index (κ3) is 2.78. The SMILES string of the molecule is Cc1cc(C)c(P(=O)(c2ccccc2)c2ccccc2)cc1C. The molecule has 3 rings (SSSR count). The van der Waals surface area contributed by atoms with Gasteiger partial charge in [0.2, 0.25) is 0 Å². The maximum absolute atomic E-state index is 14.3. The molecule has 0 amide bonds. The molecule has 0 aliphatic heterocycles. The van der Waals surface area contributed by atoms with Crippen molar-refractivity contribution >= 4 is 23.1 Å².